The lowest BCUT2D eigenvalue weighted by atomic mass is 9.92. The lowest BCUT2D eigenvalue weighted by molar-refractivity contribution is -0.125. The third-order valence-electron chi connectivity index (χ3n) is 13.1. The summed E-state index contributed by atoms with van der Waals surface area (Å²) in [5, 5.41) is 14.8. The molecular weight excluding hydrogens is 938 g/mol. The lowest BCUT2D eigenvalue weighted by Crippen LogP contribution is -2.50. The van der Waals surface area contributed by atoms with Crippen LogP contribution in [0.25, 0.3) is 0 Å². The number of hydrogen-bond acceptors (Lipinski definition) is 8. The predicted octanol–water partition coefficient (Wildman–Crippen LogP) is 14.2. The maximum atomic E-state index is 13.6. The molecule has 0 rings (SSSR count). The van der Waals surface area contributed by atoms with E-state index in [1.165, 1.54) is 141 Å². The smallest absolute Gasteiger partial charge is 0.408 e. The van der Waals surface area contributed by atoms with Crippen molar-refractivity contribution in [1.82, 2.24) is 26.6 Å². The second-order valence-corrected chi connectivity index (χ2v) is 26.5. The molecule has 1 unspecified atom stereocenters. The minimum absolute atomic E-state index is 0.00806. The van der Waals surface area contributed by atoms with Gasteiger partial charge in [-0.25, -0.2) is 4.79 Å². The maximum Gasteiger partial charge on any atom is 0.408 e. The minimum Gasteiger partial charge on any atom is -0.444 e. The number of ether oxygens (including phenoxy) is 2. The van der Waals surface area contributed by atoms with Gasteiger partial charge in [0.15, 0.2) is 0 Å². The van der Waals surface area contributed by atoms with Gasteiger partial charge < -0.3 is 40.6 Å². The zero-order valence-corrected chi connectivity index (χ0v) is 50.3. The molecule has 0 saturated heterocycles. The highest BCUT2D eigenvalue weighted by atomic mass is 31.1. The molecule has 0 aliphatic carbocycles. The molecule has 0 saturated carbocycles. The molecule has 0 aromatic carbocycles. The van der Waals surface area contributed by atoms with Crippen molar-refractivity contribution in [2.75, 3.05) is 52.4 Å². The van der Waals surface area contributed by atoms with Gasteiger partial charge in [0, 0.05) is 63.3 Å². The van der Waals surface area contributed by atoms with Crippen molar-refractivity contribution in [3.63, 3.8) is 0 Å². The third-order valence-corrected chi connectivity index (χ3v) is 14.3. The average molecular weight is 1050 g/mol. The Balaban J connectivity index is 4.62. The summed E-state index contributed by atoms with van der Waals surface area (Å²) in [5.74, 6) is -0.510. The monoisotopic (exact) mass is 1050 g/mol. The first-order valence-electron chi connectivity index (χ1n) is 29.5. The zero-order valence-electron chi connectivity index (χ0n) is 49.5. The first kappa shape index (κ1) is 70.5. The standard InChI is InChI=1S/C59H116N5O8P/c1-13-15-17-19-21-23-25-27-29-31-33-35-37-39-51(65)60-43-57(6,7)46-70-47-58(8,9)45-62-54(68)50(64-55(69)72-56(3,4)5)41-42-53(67)61-44-59(10,11)48-71-73(12)49-63-52(66)40-38-36-34-32-30-28-26-24-22-20-18-16-14-2/h50H,13-49H2,1-12H3,(H,60,65)(H,61,67)(H,62,68)(H,63,66)(H,64,69)/t50-,73?/m0/s1. The summed E-state index contributed by atoms with van der Waals surface area (Å²) in [6.45, 7) is 26.3. The molecule has 0 spiro atoms. The van der Waals surface area contributed by atoms with Crippen molar-refractivity contribution in [1.29, 1.82) is 0 Å². The van der Waals surface area contributed by atoms with E-state index < -0.39 is 37.2 Å². The SMILES string of the molecule is CCCCCCCCCCCCCCCC(=O)NCP(C)OCC(C)(C)CNC(=O)CC[C@H](NC(=O)OC(C)(C)C)C(=O)NCC(C)(C)COCC(C)(C)CNC(=O)CCCCCCCCCCCCCCC. The normalized spacial score (nSPS) is 13.0. The molecule has 14 heteroatoms. The Morgan fingerprint density at radius 2 is 0.781 bits per heavy atom. The van der Waals surface area contributed by atoms with E-state index in [1.54, 1.807) is 20.8 Å². The van der Waals surface area contributed by atoms with Crippen molar-refractivity contribution in [2.24, 2.45) is 16.2 Å². The Hall–Kier alpha value is -2.50. The fraction of sp³-hybridized carbons (Fsp3) is 0.915. The van der Waals surface area contributed by atoms with Crippen LogP contribution in [-0.4, -0.2) is 93.8 Å². The average Bonchev–Trinajstić information content (AvgIpc) is 3.31. The molecule has 0 aromatic heterocycles. The highest BCUT2D eigenvalue weighted by Gasteiger charge is 2.29. The van der Waals surface area contributed by atoms with Gasteiger partial charge in [-0.3, -0.25) is 19.2 Å². The minimum atomic E-state index is -1.00. The van der Waals surface area contributed by atoms with E-state index in [1.807, 2.05) is 34.4 Å². The van der Waals surface area contributed by atoms with Crippen LogP contribution >= 0.6 is 8.15 Å². The molecule has 0 bridgehead atoms. The Bertz CT molecular complexity index is 1440. The van der Waals surface area contributed by atoms with Crippen molar-refractivity contribution in [2.45, 2.75) is 280 Å². The number of alkyl carbamates (subject to hydrolysis) is 1. The fourth-order valence-corrected chi connectivity index (χ4v) is 9.34. The van der Waals surface area contributed by atoms with E-state index in [0.717, 1.165) is 25.7 Å². The second kappa shape index (κ2) is 42.6. The molecule has 5 amide bonds. The summed E-state index contributed by atoms with van der Waals surface area (Å²) in [6.07, 6.45) is 34.2. The molecule has 0 aromatic rings. The first-order valence-corrected chi connectivity index (χ1v) is 31.4. The molecular formula is C59H116N5O8P. The van der Waals surface area contributed by atoms with E-state index in [4.69, 9.17) is 14.0 Å². The molecule has 0 aliphatic heterocycles. The van der Waals surface area contributed by atoms with Gasteiger partial charge in [-0.15, -0.1) is 0 Å². The maximum absolute atomic E-state index is 13.6. The van der Waals surface area contributed by atoms with Crippen molar-refractivity contribution >= 4 is 37.9 Å². The summed E-state index contributed by atoms with van der Waals surface area (Å²) in [5.41, 5.74) is -1.87. The summed E-state index contributed by atoms with van der Waals surface area (Å²) in [7, 11) is -0.876. The molecule has 0 fully saturated rings. The zero-order chi connectivity index (χ0) is 54.9. The lowest BCUT2D eigenvalue weighted by Gasteiger charge is -2.30. The molecule has 2 atom stereocenters. The van der Waals surface area contributed by atoms with E-state index in [2.05, 4.69) is 54.3 Å². The van der Waals surface area contributed by atoms with Crippen LogP contribution in [0, 0.1) is 16.2 Å². The van der Waals surface area contributed by atoms with Crippen LogP contribution in [0.2, 0.25) is 0 Å². The number of nitrogens with one attached hydrogen (secondary N) is 5. The Morgan fingerprint density at radius 1 is 0.438 bits per heavy atom. The van der Waals surface area contributed by atoms with Crippen molar-refractivity contribution in [3.05, 3.63) is 0 Å². The fourth-order valence-electron chi connectivity index (χ4n) is 8.28. The molecule has 73 heavy (non-hydrogen) atoms. The van der Waals surface area contributed by atoms with E-state index in [9.17, 15) is 24.0 Å². The van der Waals surface area contributed by atoms with Gasteiger partial charge in [0.2, 0.25) is 23.6 Å². The number of unbranched alkanes of at least 4 members (excludes halogenated alkanes) is 24. The highest BCUT2D eigenvalue weighted by Crippen LogP contribution is 2.33. The van der Waals surface area contributed by atoms with Crippen LogP contribution in [0.15, 0.2) is 0 Å². The van der Waals surface area contributed by atoms with Crippen LogP contribution in [-0.2, 0) is 33.2 Å². The molecule has 430 valence electrons. The Kier molecular flexibility index (Phi) is 41.1. The number of carbonyl (C=O) groups is 5. The molecule has 0 radical (unpaired) electrons. The third kappa shape index (κ3) is 46.5. The first-order chi connectivity index (χ1) is 34.5. The van der Waals surface area contributed by atoms with Gasteiger partial charge in [0.25, 0.3) is 0 Å². The quantitative estimate of drug-likeness (QED) is 0.0296. The van der Waals surface area contributed by atoms with Gasteiger partial charge in [-0.1, -0.05) is 209 Å². The predicted molar refractivity (Wildman–Crippen MR) is 306 cm³/mol. The van der Waals surface area contributed by atoms with E-state index >= 15 is 0 Å². The number of carbonyl (C=O) groups excluding carboxylic acids is 5. The number of rotatable bonds is 48. The number of amides is 5. The molecule has 5 N–H and O–H groups in total. The number of hydrogen-bond donors (Lipinski definition) is 5. The molecule has 0 heterocycles. The second-order valence-electron chi connectivity index (χ2n) is 24.6. The molecule has 0 aliphatic rings. The van der Waals surface area contributed by atoms with Gasteiger partial charge >= 0.3 is 6.09 Å². The van der Waals surface area contributed by atoms with Gasteiger partial charge in [-0.05, 0) is 46.7 Å². The molecule has 13 nitrogen and oxygen atoms in total. The van der Waals surface area contributed by atoms with Crippen LogP contribution in [0.3, 0.4) is 0 Å². The van der Waals surface area contributed by atoms with Crippen LogP contribution in [0.1, 0.15) is 269 Å². The Labute approximate surface area is 449 Å². The summed E-state index contributed by atoms with van der Waals surface area (Å²) >= 11 is 0. The van der Waals surface area contributed by atoms with E-state index in [0.29, 0.717) is 52.0 Å². The van der Waals surface area contributed by atoms with Crippen molar-refractivity contribution < 1.29 is 38.0 Å². The summed E-state index contributed by atoms with van der Waals surface area (Å²) in [4.78, 5) is 64.6. The van der Waals surface area contributed by atoms with Crippen LogP contribution < -0.4 is 26.6 Å². The van der Waals surface area contributed by atoms with E-state index in [-0.39, 0.29) is 47.9 Å². The summed E-state index contributed by atoms with van der Waals surface area (Å²) in [6, 6.07) is -1.00. The van der Waals surface area contributed by atoms with Gasteiger partial charge in [-0.2, -0.15) is 0 Å². The summed E-state index contributed by atoms with van der Waals surface area (Å²) < 4.78 is 17.7. The van der Waals surface area contributed by atoms with Gasteiger partial charge in [0.05, 0.1) is 26.1 Å². The van der Waals surface area contributed by atoms with Crippen LogP contribution in [0.5, 0.6) is 0 Å². The van der Waals surface area contributed by atoms with Crippen LogP contribution in [0.4, 0.5) is 4.79 Å². The van der Waals surface area contributed by atoms with Gasteiger partial charge in [0.1, 0.15) is 11.6 Å². The topological polar surface area (TPSA) is 173 Å². The highest BCUT2D eigenvalue weighted by molar-refractivity contribution is 7.51. The largest absolute Gasteiger partial charge is 0.444 e. The van der Waals surface area contributed by atoms with Crippen molar-refractivity contribution in [3.8, 4) is 0 Å². The Morgan fingerprint density at radius 3 is 1.18 bits per heavy atom.